The first-order valence-corrected chi connectivity index (χ1v) is 5.84. The van der Waals surface area contributed by atoms with Crippen molar-refractivity contribution < 1.29 is 9.90 Å². The predicted octanol–water partition coefficient (Wildman–Crippen LogP) is 3.70. The molecule has 0 rings (SSSR count). The van der Waals surface area contributed by atoms with Crippen LogP contribution in [0.5, 0.6) is 0 Å². The summed E-state index contributed by atoms with van der Waals surface area (Å²) >= 11 is 0. The van der Waals surface area contributed by atoms with Crippen molar-refractivity contribution in [3.63, 3.8) is 0 Å². The number of hydrogen-bond donors (Lipinski definition) is 1. The highest BCUT2D eigenvalue weighted by atomic mass is 16.4. The van der Waals surface area contributed by atoms with Crippen molar-refractivity contribution in [3.8, 4) is 0 Å². The van der Waals surface area contributed by atoms with E-state index in [4.69, 9.17) is 5.11 Å². The van der Waals surface area contributed by atoms with E-state index in [2.05, 4.69) is 13.8 Å². The largest absolute Gasteiger partial charge is 0.481 e. The number of carbonyl (C=O) groups is 1. The molecule has 0 heterocycles. The molecular formula is C12H24O2. The molecule has 14 heavy (non-hydrogen) atoms. The van der Waals surface area contributed by atoms with Crippen LogP contribution < -0.4 is 0 Å². The molecule has 0 bridgehead atoms. The Morgan fingerprint density at radius 2 is 1.93 bits per heavy atom. The van der Waals surface area contributed by atoms with Gasteiger partial charge in [-0.1, -0.05) is 46.5 Å². The smallest absolute Gasteiger partial charge is 0.306 e. The average molecular weight is 200 g/mol. The minimum atomic E-state index is -0.630. The molecule has 0 aromatic heterocycles. The topological polar surface area (TPSA) is 37.3 Å². The van der Waals surface area contributed by atoms with Crippen LogP contribution in [0.15, 0.2) is 0 Å². The molecule has 2 heteroatoms. The average Bonchev–Trinajstić information content (AvgIpc) is 2.14. The normalized spacial score (nSPS) is 15.1. The van der Waals surface area contributed by atoms with Gasteiger partial charge < -0.3 is 5.11 Å². The summed E-state index contributed by atoms with van der Waals surface area (Å²) in [4.78, 5) is 10.8. The number of unbranched alkanes of at least 4 members (excludes halogenated alkanes) is 2. The minimum Gasteiger partial charge on any atom is -0.481 e. The molecule has 0 saturated heterocycles. The summed E-state index contributed by atoms with van der Waals surface area (Å²) in [7, 11) is 0. The van der Waals surface area contributed by atoms with E-state index in [1.807, 2.05) is 6.92 Å². The monoisotopic (exact) mass is 200 g/mol. The molecule has 0 aliphatic carbocycles. The van der Waals surface area contributed by atoms with Crippen LogP contribution in [0.3, 0.4) is 0 Å². The third-order valence-corrected chi connectivity index (χ3v) is 2.83. The highest BCUT2D eigenvalue weighted by Gasteiger charge is 2.17. The van der Waals surface area contributed by atoms with Gasteiger partial charge in [0.25, 0.3) is 0 Å². The lowest BCUT2D eigenvalue weighted by molar-refractivity contribution is -0.142. The Bertz CT molecular complexity index is 154. The van der Waals surface area contributed by atoms with E-state index < -0.39 is 5.97 Å². The summed E-state index contributed by atoms with van der Waals surface area (Å²) in [6.07, 6.45) is 6.53. The maximum Gasteiger partial charge on any atom is 0.306 e. The van der Waals surface area contributed by atoms with Crippen LogP contribution in [0.1, 0.15) is 59.3 Å². The number of carboxylic acid groups (broad SMARTS) is 1. The predicted molar refractivity (Wildman–Crippen MR) is 59.3 cm³/mol. The van der Waals surface area contributed by atoms with Crippen LogP contribution in [0, 0.1) is 11.8 Å². The Labute approximate surface area is 87.7 Å². The third kappa shape index (κ3) is 6.01. The van der Waals surface area contributed by atoms with Crippen LogP contribution in [0.2, 0.25) is 0 Å². The van der Waals surface area contributed by atoms with Gasteiger partial charge >= 0.3 is 5.97 Å². The van der Waals surface area contributed by atoms with E-state index in [1.54, 1.807) is 0 Å². The second-order valence-electron chi connectivity index (χ2n) is 4.28. The zero-order valence-corrected chi connectivity index (χ0v) is 9.75. The van der Waals surface area contributed by atoms with E-state index in [9.17, 15) is 4.79 Å². The molecule has 0 saturated carbocycles. The lowest BCUT2D eigenvalue weighted by atomic mass is 9.90. The van der Waals surface area contributed by atoms with Gasteiger partial charge in [0.1, 0.15) is 0 Å². The first kappa shape index (κ1) is 13.5. The zero-order valence-electron chi connectivity index (χ0n) is 9.75. The zero-order chi connectivity index (χ0) is 11.0. The maximum atomic E-state index is 10.8. The standard InChI is InChI=1S/C12H24O2/c1-4-6-7-8-10(3)9-11(5-2)12(13)14/h10-11H,4-9H2,1-3H3,(H,13,14). The lowest BCUT2D eigenvalue weighted by Crippen LogP contribution is -2.15. The second kappa shape index (κ2) is 7.84. The molecule has 0 aromatic rings. The molecular weight excluding hydrogens is 176 g/mol. The van der Waals surface area contributed by atoms with Gasteiger partial charge in [0, 0.05) is 0 Å². The van der Waals surface area contributed by atoms with Gasteiger partial charge in [0.05, 0.1) is 5.92 Å². The Balaban J connectivity index is 3.67. The molecule has 2 nitrogen and oxygen atoms in total. The van der Waals surface area contributed by atoms with Gasteiger partial charge in [0.2, 0.25) is 0 Å². The van der Waals surface area contributed by atoms with Crippen molar-refractivity contribution in [1.82, 2.24) is 0 Å². The van der Waals surface area contributed by atoms with Gasteiger partial charge in [-0.2, -0.15) is 0 Å². The van der Waals surface area contributed by atoms with Gasteiger partial charge in [-0.3, -0.25) is 4.79 Å². The fourth-order valence-electron chi connectivity index (χ4n) is 1.79. The van der Waals surface area contributed by atoms with E-state index in [0.29, 0.717) is 5.92 Å². The highest BCUT2D eigenvalue weighted by molar-refractivity contribution is 5.69. The lowest BCUT2D eigenvalue weighted by Gasteiger charge is -2.15. The molecule has 2 unspecified atom stereocenters. The van der Waals surface area contributed by atoms with Crippen molar-refractivity contribution >= 4 is 5.97 Å². The molecule has 0 fully saturated rings. The SMILES string of the molecule is CCCCCC(C)CC(CC)C(=O)O. The Hall–Kier alpha value is -0.530. The quantitative estimate of drug-likeness (QED) is 0.606. The second-order valence-corrected chi connectivity index (χ2v) is 4.28. The molecule has 0 amide bonds. The molecule has 0 radical (unpaired) electrons. The van der Waals surface area contributed by atoms with Crippen molar-refractivity contribution in [1.29, 1.82) is 0 Å². The summed E-state index contributed by atoms with van der Waals surface area (Å²) in [6.45, 7) is 6.32. The van der Waals surface area contributed by atoms with Crippen molar-refractivity contribution in [3.05, 3.63) is 0 Å². The van der Waals surface area contributed by atoms with E-state index in [0.717, 1.165) is 12.8 Å². The fourth-order valence-corrected chi connectivity index (χ4v) is 1.79. The van der Waals surface area contributed by atoms with E-state index in [1.165, 1.54) is 25.7 Å². The first-order chi connectivity index (χ1) is 6.61. The first-order valence-electron chi connectivity index (χ1n) is 5.84. The van der Waals surface area contributed by atoms with Gasteiger partial charge in [-0.15, -0.1) is 0 Å². The third-order valence-electron chi connectivity index (χ3n) is 2.83. The van der Waals surface area contributed by atoms with Crippen LogP contribution in [0.25, 0.3) is 0 Å². The highest BCUT2D eigenvalue weighted by Crippen LogP contribution is 2.20. The van der Waals surface area contributed by atoms with Crippen LogP contribution in [-0.2, 0) is 4.79 Å². The molecule has 0 aliphatic rings. The number of hydrogen-bond acceptors (Lipinski definition) is 1. The van der Waals surface area contributed by atoms with Gasteiger partial charge in [0.15, 0.2) is 0 Å². The molecule has 0 aromatic carbocycles. The van der Waals surface area contributed by atoms with Crippen molar-refractivity contribution in [2.45, 2.75) is 59.3 Å². The molecule has 0 aliphatic heterocycles. The fraction of sp³-hybridized carbons (Fsp3) is 0.917. The van der Waals surface area contributed by atoms with Gasteiger partial charge in [-0.25, -0.2) is 0 Å². The van der Waals surface area contributed by atoms with Crippen molar-refractivity contribution in [2.75, 3.05) is 0 Å². The van der Waals surface area contributed by atoms with E-state index in [-0.39, 0.29) is 5.92 Å². The maximum absolute atomic E-state index is 10.8. The molecule has 0 spiro atoms. The van der Waals surface area contributed by atoms with Crippen molar-refractivity contribution in [2.24, 2.45) is 11.8 Å². The Kier molecular flexibility index (Phi) is 7.54. The molecule has 1 N–H and O–H groups in total. The molecule has 2 atom stereocenters. The Morgan fingerprint density at radius 3 is 2.36 bits per heavy atom. The summed E-state index contributed by atoms with van der Waals surface area (Å²) < 4.78 is 0. The molecule has 84 valence electrons. The number of aliphatic carboxylic acids is 1. The summed E-state index contributed by atoms with van der Waals surface area (Å²) in [5, 5.41) is 8.89. The van der Waals surface area contributed by atoms with Gasteiger partial charge in [-0.05, 0) is 18.8 Å². The van der Waals surface area contributed by atoms with Crippen LogP contribution in [0.4, 0.5) is 0 Å². The number of rotatable bonds is 8. The summed E-state index contributed by atoms with van der Waals surface area (Å²) in [5.41, 5.74) is 0. The summed E-state index contributed by atoms with van der Waals surface area (Å²) in [6, 6.07) is 0. The Morgan fingerprint density at radius 1 is 1.29 bits per heavy atom. The van der Waals surface area contributed by atoms with E-state index >= 15 is 0 Å². The van der Waals surface area contributed by atoms with Crippen LogP contribution >= 0.6 is 0 Å². The van der Waals surface area contributed by atoms with Crippen LogP contribution in [-0.4, -0.2) is 11.1 Å². The number of carboxylic acids is 1. The minimum absolute atomic E-state index is 0.133. The summed E-state index contributed by atoms with van der Waals surface area (Å²) in [5.74, 6) is -0.205.